The summed E-state index contributed by atoms with van der Waals surface area (Å²) in [5, 5.41) is 0. The number of hydrogen-bond acceptors (Lipinski definition) is 2. The van der Waals surface area contributed by atoms with E-state index in [4.69, 9.17) is 0 Å². The topological polar surface area (TPSA) is 53.2 Å². The van der Waals surface area contributed by atoms with Gasteiger partial charge in [-0.05, 0) is 0 Å². The van der Waals surface area contributed by atoms with E-state index in [9.17, 15) is 0 Å². The fourth-order valence-corrected chi connectivity index (χ4v) is 0. The second-order valence-electron chi connectivity index (χ2n) is 0.283. The summed E-state index contributed by atoms with van der Waals surface area (Å²) in [6.07, 6.45) is 0. The summed E-state index contributed by atoms with van der Waals surface area (Å²) in [6.45, 7) is 0. The van der Waals surface area contributed by atoms with Crippen LogP contribution in [0.1, 0.15) is 0 Å². The first-order valence-electron chi connectivity index (χ1n) is 0.832. The molecule has 0 N–H and O–H groups in total. The summed E-state index contributed by atoms with van der Waals surface area (Å²) in [4.78, 5) is 0. The van der Waals surface area contributed by atoms with E-state index >= 15 is 0 Å². The molecule has 0 heterocycles. The van der Waals surface area contributed by atoms with Crippen molar-refractivity contribution in [3.63, 3.8) is 0 Å². The Labute approximate surface area is 50.4 Å². The molecule has 0 bridgehead atoms. The molecule has 0 radical (unpaired) electrons. The van der Waals surface area contributed by atoms with Crippen LogP contribution in [0.5, 0.6) is 0 Å². The standard InChI is InChI=1S/N2.O.2Zn/c1-2;;;/q2*-2;2*+2. The molecule has 0 fully saturated rings. The predicted octanol–water partition coefficient (Wildman–Crippen LogP) is 0.243. The van der Waals surface area contributed by atoms with E-state index in [1.165, 1.54) is 0 Å². The van der Waals surface area contributed by atoms with Crippen LogP contribution >= 0.6 is 0 Å². The van der Waals surface area contributed by atoms with Crippen molar-refractivity contribution in [3.05, 3.63) is 0 Å². The van der Waals surface area contributed by atoms with Crippen LogP contribution in [0.4, 0.5) is 0 Å². The third-order valence-corrected chi connectivity index (χ3v) is 2.70. The average molecular weight is 175 g/mol. The van der Waals surface area contributed by atoms with Gasteiger partial charge in [0.25, 0.3) is 0 Å². The summed E-state index contributed by atoms with van der Waals surface area (Å²) in [5.74, 6) is 0. The van der Waals surface area contributed by atoms with E-state index in [-0.39, 0.29) is 5.48 Å². The first kappa shape index (κ1) is 9.26. The van der Waals surface area contributed by atoms with Crippen molar-refractivity contribution in [2.45, 2.75) is 0 Å². The third kappa shape index (κ3) is 11.6. The number of nitrogens with zero attached hydrogens (tertiary/aromatic N) is 2. The zero-order valence-electron chi connectivity index (χ0n) is 2.72. The van der Waals surface area contributed by atoms with Crippen molar-refractivity contribution in [2.75, 3.05) is 0 Å². The second-order valence-corrected chi connectivity index (χ2v) is 1.47. The molecular weight excluding hydrogens is 175 g/mol. The Bertz CT molecular complexity index is 22.8. The molecule has 0 unspecified atom stereocenters. The summed E-state index contributed by atoms with van der Waals surface area (Å²) in [6, 6.07) is 0. The second kappa shape index (κ2) is 8.84. The Morgan fingerprint density at radius 2 is 1.20 bits per heavy atom. The van der Waals surface area contributed by atoms with Gasteiger partial charge in [0.05, 0.1) is 0 Å². The van der Waals surface area contributed by atoms with E-state index in [0.717, 1.165) is 37.1 Å². The fraction of sp³-hybridized carbons (Fsp3) is 0. The minimum atomic E-state index is 0. The van der Waals surface area contributed by atoms with Crippen molar-refractivity contribution in [2.24, 2.45) is 7.71 Å². The van der Waals surface area contributed by atoms with Gasteiger partial charge in [0.1, 0.15) is 0 Å². The van der Waals surface area contributed by atoms with Crippen LogP contribution in [0.2, 0.25) is 0 Å². The number of hydrogen-bond donors (Lipinski definition) is 0. The molecule has 0 amide bonds. The summed E-state index contributed by atoms with van der Waals surface area (Å²) in [5.41, 5.74) is 0. The zero-order valence-corrected chi connectivity index (χ0v) is 8.65. The predicted molar refractivity (Wildman–Crippen MR) is 5.54 cm³/mol. The van der Waals surface area contributed by atoms with Gasteiger partial charge >= 0.3 is 44.8 Å². The Morgan fingerprint density at radius 3 is 1.20 bits per heavy atom. The van der Waals surface area contributed by atoms with E-state index in [1.807, 2.05) is 0 Å². The van der Waals surface area contributed by atoms with Crippen molar-refractivity contribution < 1.29 is 42.6 Å². The monoisotopic (exact) mass is 172 g/mol. The fourth-order valence-electron chi connectivity index (χ4n) is 0. The molecule has 0 aliphatic carbocycles. The maximum absolute atomic E-state index is 3.54. The molecule has 0 spiro atoms. The molecule has 5 heteroatoms. The molecular formula is N2OZn2. The summed E-state index contributed by atoms with van der Waals surface area (Å²) in [7, 11) is 0. The van der Waals surface area contributed by atoms with Crippen LogP contribution in [0.25, 0.3) is 0 Å². The molecule has 0 aromatic heterocycles. The Balaban J connectivity index is 0. The Hall–Kier alpha value is 0.807. The minimum absolute atomic E-state index is 0. The molecule has 0 aromatic carbocycles. The van der Waals surface area contributed by atoms with Gasteiger partial charge in [0.2, 0.25) is 0 Å². The van der Waals surface area contributed by atoms with Gasteiger partial charge < -0.3 is 5.48 Å². The molecule has 5 heavy (non-hydrogen) atoms. The molecule has 0 aliphatic heterocycles. The van der Waals surface area contributed by atoms with Gasteiger partial charge in [-0.15, -0.1) is 0 Å². The van der Waals surface area contributed by atoms with E-state index in [2.05, 4.69) is 7.71 Å². The van der Waals surface area contributed by atoms with E-state index < -0.39 is 0 Å². The molecule has 0 rings (SSSR count). The molecule has 3 nitrogen and oxygen atoms in total. The molecule has 0 saturated carbocycles. The summed E-state index contributed by atoms with van der Waals surface area (Å²) >= 11 is 1.92. The van der Waals surface area contributed by atoms with Gasteiger partial charge in [-0.25, -0.2) is 0 Å². The molecule has 20 valence electrons. The third-order valence-electron chi connectivity index (χ3n) is 0.1000. The van der Waals surface area contributed by atoms with Gasteiger partial charge in [0, 0.05) is 0 Å². The van der Waals surface area contributed by atoms with E-state index in [1.54, 1.807) is 0 Å². The van der Waals surface area contributed by atoms with E-state index in [0.29, 0.717) is 0 Å². The molecule has 0 atom stereocenters. The van der Waals surface area contributed by atoms with Gasteiger partial charge in [-0.2, -0.15) is 0 Å². The van der Waals surface area contributed by atoms with Crippen LogP contribution in [0.3, 0.4) is 0 Å². The van der Waals surface area contributed by atoms with Crippen LogP contribution in [-0.2, 0) is 42.6 Å². The van der Waals surface area contributed by atoms with Crippen molar-refractivity contribution in [3.8, 4) is 0 Å². The van der Waals surface area contributed by atoms with Gasteiger partial charge in [-0.3, -0.25) is 0 Å². The molecule has 0 saturated heterocycles. The Morgan fingerprint density at radius 1 is 1.00 bits per heavy atom. The van der Waals surface area contributed by atoms with Crippen LogP contribution < -0.4 is 0 Å². The summed E-state index contributed by atoms with van der Waals surface area (Å²) < 4.78 is 7.08. The van der Waals surface area contributed by atoms with Crippen molar-refractivity contribution in [1.82, 2.24) is 0 Å². The van der Waals surface area contributed by atoms with Gasteiger partial charge in [0.15, 0.2) is 0 Å². The van der Waals surface area contributed by atoms with Gasteiger partial charge in [-0.1, -0.05) is 0 Å². The normalized spacial score (nSPS) is 8.00. The van der Waals surface area contributed by atoms with Crippen LogP contribution in [0.15, 0.2) is 7.71 Å². The molecule has 0 aromatic rings. The first-order chi connectivity index (χ1) is 1.91. The zero-order chi connectivity index (χ0) is 3.41. The van der Waals surface area contributed by atoms with Crippen LogP contribution in [-0.4, -0.2) is 0 Å². The van der Waals surface area contributed by atoms with Crippen molar-refractivity contribution >= 4 is 0 Å². The SMILES string of the molecule is [O-2].[Zn+][N]=[N][Zn+]. The first-order valence-corrected chi connectivity index (χ1v) is 3.49. The van der Waals surface area contributed by atoms with Crippen LogP contribution in [0, 0.1) is 0 Å². The number of rotatable bonds is 0. The van der Waals surface area contributed by atoms with Crippen molar-refractivity contribution in [1.29, 1.82) is 0 Å². The quantitative estimate of drug-likeness (QED) is 0.374. The molecule has 0 aliphatic rings. The maximum atomic E-state index is 3.54. The average Bonchev–Trinajstić information content (AvgIpc) is 1.37. The Kier molecular flexibility index (Phi) is 16.4.